The molecule has 0 fully saturated rings. The number of aromatic nitrogens is 2. The molecule has 80 valence electrons. The molecule has 4 nitrogen and oxygen atoms in total. The number of hydrogen-bond donors (Lipinski definition) is 2. The second-order valence-corrected chi connectivity index (χ2v) is 4.33. The predicted molar refractivity (Wildman–Crippen MR) is 55.9 cm³/mol. The van der Waals surface area contributed by atoms with Crippen LogP contribution < -0.4 is 5.73 Å². The Labute approximate surface area is 84.7 Å². The third kappa shape index (κ3) is 2.56. The minimum Gasteiger partial charge on any atom is -0.396 e. The first-order valence-electron chi connectivity index (χ1n) is 4.83. The zero-order valence-electron chi connectivity index (χ0n) is 9.07. The molecule has 0 aliphatic carbocycles. The molecule has 0 spiro atoms. The summed E-state index contributed by atoms with van der Waals surface area (Å²) in [6, 6.07) is 0. The fourth-order valence-electron chi connectivity index (χ4n) is 1.72. The van der Waals surface area contributed by atoms with Gasteiger partial charge in [-0.1, -0.05) is 0 Å². The van der Waals surface area contributed by atoms with E-state index >= 15 is 0 Å². The Bertz CT molecular complexity index is 288. The van der Waals surface area contributed by atoms with Crippen molar-refractivity contribution in [3.05, 3.63) is 18.0 Å². The third-order valence-electron chi connectivity index (χ3n) is 2.44. The highest BCUT2D eigenvalue weighted by Crippen LogP contribution is 2.28. The standard InChI is InChI=1S/C10H19N3O/c1-10(2,11)9(4-5-14)8-6-12-13(3)7-8/h6-7,9,14H,4-5,11H2,1-3H3. The van der Waals surface area contributed by atoms with Crippen LogP contribution in [0, 0.1) is 0 Å². The number of rotatable bonds is 4. The van der Waals surface area contributed by atoms with E-state index in [1.165, 1.54) is 0 Å². The maximum atomic E-state index is 8.99. The Morgan fingerprint density at radius 3 is 2.64 bits per heavy atom. The Morgan fingerprint density at radius 1 is 1.64 bits per heavy atom. The molecule has 0 saturated heterocycles. The minimum absolute atomic E-state index is 0.153. The van der Waals surface area contributed by atoms with E-state index in [0.29, 0.717) is 6.42 Å². The minimum atomic E-state index is -0.328. The topological polar surface area (TPSA) is 64.1 Å². The van der Waals surface area contributed by atoms with Crippen molar-refractivity contribution in [1.82, 2.24) is 9.78 Å². The maximum absolute atomic E-state index is 8.99. The van der Waals surface area contributed by atoms with Crippen molar-refractivity contribution < 1.29 is 5.11 Å². The van der Waals surface area contributed by atoms with Crippen molar-refractivity contribution in [1.29, 1.82) is 0 Å². The highest BCUT2D eigenvalue weighted by Gasteiger charge is 2.27. The Morgan fingerprint density at radius 2 is 2.29 bits per heavy atom. The number of nitrogens with zero attached hydrogens (tertiary/aromatic N) is 2. The van der Waals surface area contributed by atoms with Crippen molar-refractivity contribution in [3.63, 3.8) is 0 Å². The zero-order valence-corrected chi connectivity index (χ0v) is 9.07. The number of aliphatic hydroxyl groups excluding tert-OH is 1. The fraction of sp³-hybridized carbons (Fsp3) is 0.700. The van der Waals surface area contributed by atoms with Gasteiger partial charge in [-0.15, -0.1) is 0 Å². The molecule has 1 rings (SSSR count). The van der Waals surface area contributed by atoms with Gasteiger partial charge in [0.2, 0.25) is 0 Å². The first kappa shape index (κ1) is 11.2. The van der Waals surface area contributed by atoms with Crippen molar-refractivity contribution in [2.45, 2.75) is 31.7 Å². The molecule has 14 heavy (non-hydrogen) atoms. The van der Waals surface area contributed by atoms with E-state index in [1.54, 1.807) is 4.68 Å². The fourth-order valence-corrected chi connectivity index (χ4v) is 1.72. The smallest absolute Gasteiger partial charge is 0.0525 e. The normalized spacial score (nSPS) is 14.4. The Hall–Kier alpha value is -0.870. The van der Waals surface area contributed by atoms with Crippen molar-refractivity contribution >= 4 is 0 Å². The van der Waals surface area contributed by atoms with Gasteiger partial charge in [-0.3, -0.25) is 4.68 Å². The average Bonchev–Trinajstić information content (AvgIpc) is 2.45. The number of aliphatic hydroxyl groups is 1. The summed E-state index contributed by atoms with van der Waals surface area (Å²) in [4.78, 5) is 0. The first-order valence-corrected chi connectivity index (χ1v) is 4.83. The Kier molecular flexibility index (Phi) is 3.29. The molecule has 0 radical (unpaired) electrons. The monoisotopic (exact) mass is 197 g/mol. The van der Waals surface area contributed by atoms with Crippen molar-refractivity contribution in [2.75, 3.05) is 6.61 Å². The van der Waals surface area contributed by atoms with Crippen LogP contribution in [0.4, 0.5) is 0 Å². The third-order valence-corrected chi connectivity index (χ3v) is 2.44. The quantitative estimate of drug-likeness (QED) is 0.744. The molecule has 0 amide bonds. The molecule has 1 heterocycles. The van der Waals surface area contributed by atoms with E-state index in [9.17, 15) is 0 Å². The lowest BCUT2D eigenvalue weighted by Crippen LogP contribution is -2.39. The summed E-state index contributed by atoms with van der Waals surface area (Å²) >= 11 is 0. The molecule has 0 bridgehead atoms. The molecule has 0 aliphatic heterocycles. The lowest BCUT2D eigenvalue weighted by atomic mass is 9.82. The number of nitrogens with two attached hydrogens (primary N) is 1. The largest absolute Gasteiger partial charge is 0.396 e. The summed E-state index contributed by atoms with van der Waals surface area (Å²) in [5, 5.41) is 13.1. The highest BCUT2D eigenvalue weighted by atomic mass is 16.3. The maximum Gasteiger partial charge on any atom is 0.0525 e. The van der Waals surface area contributed by atoms with Crippen LogP contribution in [0.25, 0.3) is 0 Å². The predicted octanol–water partition coefficient (Wildman–Crippen LogP) is 0.623. The van der Waals surface area contributed by atoms with Gasteiger partial charge in [0.1, 0.15) is 0 Å². The van der Waals surface area contributed by atoms with Crippen molar-refractivity contribution in [3.8, 4) is 0 Å². The van der Waals surface area contributed by atoms with E-state index in [-0.39, 0.29) is 18.1 Å². The zero-order chi connectivity index (χ0) is 10.8. The van der Waals surface area contributed by atoms with Gasteiger partial charge in [0.25, 0.3) is 0 Å². The molecule has 1 unspecified atom stereocenters. The second-order valence-electron chi connectivity index (χ2n) is 4.33. The number of aryl methyl sites for hydroxylation is 1. The van der Waals surface area contributed by atoms with Gasteiger partial charge in [-0.25, -0.2) is 0 Å². The lowest BCUT2D eigenvalue weighted by Gasteiger charge is -2.29. The molecule has 1 atom stereocenters. The molecule has 4 heteroatoms. The van der Waals surface area contributed by atoms with E-state index in [1.807, 2.05) is 33.3 Å². The van der Waals surface area contributed by atoms with Gasteiger partial charge < -0.3 is 10.8 Å². The van der Waals surface area contributed by atoms with Crippen LogP contribution in [0.1, 0.15) is 31.7 Å². The van der Waals surface area contributed by atoms with E-state index in [0.717, 1.165) is 5.56 Å². The van der Waals surface area contributed by atoms with Gasteiger partial charge in [0.15, 0.2) is 0 Å². The van der Waals surface area contributed by atoms with E-state index < -0.39 is 0 Å². The lowest BCUT2D eigenvalue weighted by molar-refractivity contribution is 0.250. The molecular formula is C10H19N3O. The van der Waals surface area contributed by atoms with Crippen LogP contribution in [0.3, 0.4) is 0 Å². The van der Waals surface area contributed by atoms with Crippen LogP contribution in [0.2, 0.25) is 0 Å². The first-order chi connectivity index (χ1) is 6.45. The molecule has 0 saturated carbocycles. The van der Waals surface area contributed by atoms with Crippen LogP contribution in [-0.2, 0) is 7.05 Å². The van der Waals surface area contributed by atoms with E-state index in [4.69, 9.17) is 10.8 Å². The van der Waals surface area contributed by atoms with Crippen LogP contribution in [0.15, 0.2) is 12.4 Å². The summed E-state index contributed by atoms with van der Waals surface area (Å²) in [7, 11) is 1.88. The summed E-state index contributed by atoms with van der Waals surface area (Å²) in [5.41, 5.74) is 6.82. The summed E-state index contributed by atoms with van der Waals surface area (Å²) in [6.45, 7) is 4.10. The highest BCUT2D eigenvalue weighted by molar-refractivity contribution is 5.16. The van der Waals surface area contributed by atoms with Crippen LogP contribution in [0.5, 0.6) is 0 Å². The van der Waals surface area contributed by atoms with Gasteiger partial charge in [-0.05, 0) is 25.8 Å². The second kappa shape index (κ2) is 4.11. The molecule has 0 aromatic carbocycles. The van der Waals surface area contributed by atoms with Gasteiger partial charge in [0.05, 0.1) is 6.20 Å². The van der Waals surface area contributed by atoms with Crippen molar-refractivity contribution in [2.24, 2.45) is 12.8 Å². The summed E-state index contributed by atoms with van der Waals surface area (Å²) in [6.07, 6.45) is 4.44. The van der Waals surface area contributed by atoms with Gasteiger partial charge in [0, 0.05) is 31.3 Å². The van der Waals surface area contributed by atoms with Gasteiger partial charge in [-0.2, -0.15) is 5.10 Å². The molecule has 3 N–H and O–H groups in total. The van der Waals surface area contributed by atoms with E-state index in [2.05, 4.69) is 5.10 Å². The molecule has 1 aromatic rings. The number of hydrogen-bond acceptors (Lipinski definition) is 3. The van der Waals surface area contributed by atoms with Crippen LogP contribution in [-0.4, -0.2) is 27.0 Å². The molecule has 0 aliphatic rings. The summed E-state index contributed by atoms with van der Waals surface area (Å²) in [5.74, 6) is 0.154. The molecular weight excluding hydrogens is 178 g/mol. The molecule has 1 aromatic heterocycles. The Balaban J connectivity index is 2.88. The average molecular weight is 197 g/mol. The summed E-state index contributed by atoms with van der Waals surface area (Å²) < 4.78 is 1.76. The van der Waals surface area contributed by atoms with Crippen LogP contribution >= 0.6 is 0 Å². The SMILES string of the molecule is Cn1cc(C(CCO)C(C)(C)N)cn1. The van der Waals surface area contributed by atoms with Gasteiger partial charge >= 0.3 is 0 Å².